The summed E-state index contributed by atoms with van der Waals surface area (Å²) >= 11 is 0. The molecule has 0 atom stereocenters. The first-order chi connectivity index (χ1) is 12.6. The second-order valence-electron chi connectivity index (χ2n) is 7.03. The fraction of sp³-hybridized carbons (Fsp3) is 0.333. The number of rotatable bonds is 3. The Morgan fingerprint density at radius 1 is 1.04 bits per heavy atom. The van der Waals surface area contributed by atoms with Gasteiger partial charge in [0.15, 0.2) is 0 Å². The van der Waals surface area contributed by atoms with E-state index < -0.39 is 0 Å². The predicted molar refractivity (Wildman–Crippen MR) is 102 cm³/mol. The van der Waals surface area contributed by atoms with E-state index in [9.17, 15) is 4.79 Å². The molecule has 1 amide bonds. The molecule has 3 heterocycles. The molecular formula is C21H24N4O. The highest BCUT2D eigenvalue weighted by atomic mass is 16.2. The third-order valence-electron chi connectivity index (χ3n) is 5.07. The van der Waals surface area contributed by atoms with E-state index in [-0.39, 0.29) is 5.91 Å². The summed E-state index contributed by atoms with van der Waals surface area (Å²) in [7, 11) is 0. The quantitative estimate of drug-likeness (QED) is 0.731. The van der Waals surface area contributed by atoms with Gasteiger partial charge in [0.25, 0.3) is 5.91 Å². The minimum atomic E-state index is 0.0817. The Balaban J connectivity index is 1.46. The van der Waals surface area contributed by atoms with Gasteiger partial charge in [-0.25, -0.2) is 4.98 Å². The van der Waals surface area contributed by atoms with Gasteiger partial charge in [0, 0.05) is 38.9 Å². The Bertz CT molecular complexity index is 924. The average Bonchev–Trinajstić information content (AvgIpc) is 2.97. The van der Waals surface area contributed by atoms with Crippen LogP contribution in [0.4, 0.5) is 0 Å². The van der Waals surface area contributed by atoms with Crippen molar-refractivity contribution in [3.05, 3.63) is 71.2 Å². The summed E-state index contributed by atoms with van der Waals surface area (Å²) in [5.41, 5.74) is 4.80. The zero-order valence-corrected chi connectivity index (χ0v) is 15.4. The number of aryl methyl sites for hydroxylation is 2. The highest BCUT2D eigenvalue weighted by molar-refractivity contribution is 5.94. The molecule has 1 aliphatic rings. The lowest BCUT2D eigenvalue weighted by Gasteiger charge is -2.34. The van der Waals surface area contributed by atoms with Crippen LogP contribution in [0.2, 0.25) is 0 Å². The van der Waals surface area contributed by atoms with Crippen molar-refractivity contribution >= 4 is 11.6 Å². The first kappa shape index (κ1) is 16.8. The molecule has 1 saturated heterocycles. The minimum Gasteiger partial charge on any atom is -0.335 e. The predicted octanol–water partition coefficient (Wildman–Crippen LogP) is 2.91. The van der Waals surface area contributed by atoms with E-state index in [0.29, 0.717) is 5.69 Å². The highest BCUT2D eigenvalue weighted by Crippen LogP contribution is 2.17. The van der Waals surface area contributed by atoms with Gasteiger partial charge in [-0.2, -0.15) is 0 Å². The van der Waals surface area contributed by atoms with E-state index in [1.54, 1.807) is 0 Å². The lowest BCUT2D eigenvalue weighted by atomic mass is 10.2. The molecule has 2 aromatic heterocycles. The van der Waals surface area contributed by atoms with Crippen LogP contribution in [0, 0.1) is 13.8 Å². The number of amides is 1. The van der Waals surface area contributed by atoms with Crippen molar-refractivity contribution in [3.63, 3.8) is 0 Å². The van der Waals surface area contributed by atoms with E-state index >= 15 is 0 Å². The summed E-state index contributed by atoms with van der Waals surface area (Å²) in [6.45, 7) is 8.20. The van der Waals surface area contributed by atoms with Crippen molar-refractivity contribution in [3.8, 4) is 0 Å². The number of hydrogen-bond acceptors (Lipinski definition) is 3. The van der Waals surface area contributed by atoms with Crippen LogP contribution >= 0.6 is 0 Å². The molecule has 1 aliphatic heterocycles. The highest BCUT2D eigenvalue weighted by Gasteiger charge is 2.26. The molecule has 3 aromatic rings. The number of imidazole rings is 1. The number of fused-ring (bicyclic) bond motifs is 1. The van der Waals surface area contributed by atoms with Crippen molar-refractivity contribution in [1.82, 2.24) is 19.2 Å². The SMILES string of the molecule is Cc1ccn2c(C(=O)N3CCN(Cc4ccccc4)CC3)c(C)nc2c1. The van der Waals surface area contributed by atoms with Gasteiger partial charge in [0.05, 0.1) is 5.69 Å². The topological polar surface area (TPSA) is 40.9 Å². The lowest BCUT2D eigenvalue weighted by molar-refractivity contribution is 0.0621. The number of piperazine rings is 1. The van der Waals surface area contributed by atoms with Crippen LogP contribution in [-0.4, -0.2) is 51.3 Å². The van der Waals surface area contributed by atoms with Gasteiger partial charge in [-0.3, -0.25) is 14.1 Å². The Morgan fingerprint density at radius 2 is 1.77 bits per heavy atom. The second kappa shape index (κ2) is 6.92. The standard InChI is InChI=1S/C21H24N4O/c1-16-8-9-25-19(14-16)22-17(2)20(25)21(26)24-12-10-23(11-13-24)15-18-6-4-3-5-7-18/h3-9,14H,10-13,15H2,1-2H3. The lowest BCUT2D eigenvalue weighted by Crippen LogP contribution is -2.48. The summed E-state index contributed by atoms with van der Waals surface area (Å²) in [6.07, 6.45) is 1.95. The number of hydrogen-bond donors (Lipinski definition) is 0. The first-order valence-corrected chi connectivity index (χ1v) is 9.13. The number of carbonyl (C=O) groups excluding carboxylic acids is 1. The third-order valence-corrected chi connectivity index (χ3v) is 5.07. The molecule has 5 heteroatoms. The number of pyridine rings is 1. The van der Waals surface area contributed by atoms with E-state index in [1.165, 1.54) is 5.56 Å². The van der Waals surface area contributed by atoms with Crippen LogP contribution in [0.15, 0.2) is 48.7 Å². The summed E-state index contributed by atoms with van der Waals surface area (Å²) in [6, 6.07) is 14.5. The van der Waals surface area contributed by atoms with Crippen molar-refractivity contribution in [1.29, 1.82) is 0 Å². The van der Waals surface area contributed by atoms with Crippen LogP contribution < -0.4 is 0 Å². The van der Waals surface area contributed by atoms with Crippen molar-refractivity contribution in [2.24, 2.45) is 0 Å². The van der Waals surface area contributed by atoms with Crippen molar-refractivity contribution in [2.45, 2.75) is 20.4 Å². The maximum Gasteiger partial charge on any atom is 0.272 e. The molecule has 0 bridgehead atoms. The van der Waals surface area contributed by atoms with Crippen molar-refractivity contribution < 1.29 is 4.79 Å². The molecule has 0 saturated carbocycles. The fourth-order valence-corrected chi connectivity index (χ4v) is 3.62. The normalized spacial score (nSPS) is 15.5. The monoisotopic (exact) mass is 348 g/mol. The van der Waals surface area contributed by atoms with Crippen LogP contribution in [-0.2, 0) is 6.54 Å². The Labute approximate surface area is 153 Å². The minimum absolute atomic E-state index is 0.0817. The molecule has 0 unspecified atom stereocenters. The summed E-state index contributed by atoms with van der Waals surface area (Å²) in [5, 5.41) is 0. The Kier molecular flexibility index (Phi) is 4.47. The van der Waals surface area contributed by atoms with E-state index in [4.69, 9.17) is 0 Å². The van der Waals surface area contributed by atoms with Crippen LogP contribution in [0.1, 0.15) is 27.3 Å². The number of aromatic nitrogens is 2. The van der Waals surface area contributed by atoms with Crippen LogP contribution in [0.25, 0.3) is 5.65 Å². The maximum atomic E-state index is 13.1. The molecule has 0 spiro atoms. The van der Waals surface area contributed by atoms with Gasteiger partial charge >= 0.3 is 0 Å². The van der Waals surface area contributed by atoms with Gasteiger partial charge in [0.2, 0.25) is 0 Å². The van der Waals surface area contributed by atoms with Crippen LogP contribution in [0.5, 0.6) is 0 Å². The summed E-state index contributed by atoms with van der Waals surface area (Å²) < 4.78 is 1.92. The van der Waals surface area contributed by atoms with Gasteiger partial charge < -0.3 is 4.90 Å². The molecule has 0 N–H and O–H groups in total. The molecule has 134 valence electrons. The second-order valence-corrected chi connectivity index (χ2v) is 7.03. The molecule has 0 radical (unpaired) electrons. The zero-order chi connectivity index (χ0) is 18.1. The Hall–Kier alpha value is -2.66. The average molecular weight is 348 g/mol. The first-order valence-electron chi connectivity index (χ1n) is 9.13. The van der Waals surface area contributed by atoms with Crippen molar-refractivity contribution in [2.75, 3.05) is 26.2 Å². The third kappa shape index (κ3) is 3.22. The van der Waals surface area contributed by atoms with Crippen LogP contribution in [0.3, 0.4) is 0 Å². The molecule has 1 fully saturated rings. The number of nitrogens with zero attached hydrogens (tertiary/aromatic N) is 4. The molecule has 0 aliphatic carbocycles. The zero-order valence-electron chi connectivity index (χ0n) is 15.4. The maximum absolute atomic E-state index is 13.1. The number of benzene rings is 1. The van der Waals surface area contributed by atoms with Gasteiger partial charge in [0.1, 0.15) is 11.3 Å². The van der Waals surface area contributed by atoms with Gasteiger partial charge in [-0.15, -0.1) is 0 Å². The van der Waals surface area contributed by atoms with E-state index in [1.807, 2.05) is 47.5 Å². The Morgan fingerprint density at radius 3 is 2.50 bits per heavy atom. The molecule has 4 rings (SSSR count). The molecule has 26 heavy (non-hydrogen) atoms. The van der Waals surface area contributed by atoms with E-state index in [2.05, 4.69) is 34.1 Å². The fourth-order valence-electron chi connectivity index (χ4n) is 3.62. The molecule has 1 aromatic carbocycles. The van der Waals surface area contributed by atoms with Gasteiger partial charge in [-0.1, -0.05) is 30.3 Å². The number of carbonyl (C=O) groups is 1. The van der Waals surface area contributed by atoms with Gasteiger partial charge in [-0.05, 0) is 37.1 Å². The molecule has 5 nitrogen and oxygen atoms in total. The smallest absolute Gasteiger partial charge is 0.272 e. The summed E-state index contributed by atoms with van der Waals surface area (Å²) in [4.78, 5) is 22.0. The van der Waals surface area contributed by atoms with E-state index in [0.717, 1.165) is 49.6 Å². The summed E-state index contributed by atoms with van der Waals surface area (Å²) in [5.74, 6) is 0.0817. The molecular weight excluding hydrogens is 324 g/mol. The largest absolute Gasteiger partial charge is 0.335 e.